The van der Waals surface area contributed by atoms with Crippen LogP contribution in [0.25, 0.3) is 0 Å². The lowest BCUT2D eigenvalue weighted by atomic mass is 10.2. The highest BCUT2D eigenvalue weighted by molar-refractivity contribution is 9.10. The average molecular weight is 384 g/mol. The zero-order valence-electron chi connectivity index (χ0n) is 9.73. The number of benzene rings is 1. The first-order valence-corrected chi connectivity index (χ1v) is 8.29. The Hall–Kier alpha value is -1.10. The van der Waals surface area contributed by atoms with Crippen LogP contribution < -0.4 is 10.5 Å². The lowest BCUT2D eigenvalue weighted by Gasteiger charge is -2.06. The van der Waals surface area contributed by atoms with Crippen LogP contribution in [-0.2, 0) is 16.6 Å². The largest absolute Gasteiger partial charge is 0.357 e. The Kier molecular flexibility index (Phi) is 4.37. The molecular formula is C10H8BrF2N3O2S2. The van der Waals surface area contributed by atoms with Gasteiger partial charge in [0.25, 0.3) is 0 Å². The molecule has 0 unspecified atom stereocenters. The van der Waals surface area contributed by atoms with Gasteiger partial charge in [-0.25, -0.2) is 27.3 Å². The van der Waals surface area contributed by atoms with Crippen molar-refractivity contribution in [3.05, 3.63) is 40.0 Å². The molecule has 0 aliphatic rings. The summed E-state index contributed by atoms with van der Waals surface area (Å²) in [5, 5.41) is 8.07. The first-order chi connectivity index (χ1) is 9.27. The van der Waals surface area contributed by atoms with Gasteiger partial charge in [-0.15, -0.1) is 0 Å². The lowest BCUT2D eigenvalue weighted by molar-refractivity contribution is 0.506. The Morgan fingerprint density at radius 2 is 2.00 bits per heavy atom. The molecule has 0 saturated carbocycles. The van der Waals surface area contributed by atoms with Crippen molar-refractivity contribution < 1.29 is 17.2 Å². The van der Waals surface area contributed by atoms with Gasteiger partial charge in [0, 0.05) is 11.0 Å². The molecule has 0 amide bonds. The van der Waals surface area contributed by atoms with Crippen molar-refractivity contribution in [3.63, 3.8) is 0 Å². The third-order valence-corrected chi connectivity index (χ3v) is 5.39. The predicted molar refractivity (Wildman–Crippen MR) is 74.9 cm³/mol. The van der Waals surface area contributed by atoms with E-state index < -0.39 is 21.7 Å². The van der Waals surface area contributed by atoms with Crippen molar-refractivity contribution >= 4 is 42.4 Å². The molecule has 1 heterocycles. The van der Waals surface area contributed by atoms with Gasteiger partial charge < -0.3 is 5.32 Å². The summed E-state index contributed by atoms with van der Waals surface area (Å²) < 4.78 is 48.5. The average Bonchev–Trinajstić information content (AvgIpc) is 2.80. The maximum Gasteiger partial charge on any atom is 0.249 e. The highest BCUT2D eigenvalue weighted by atomic mass is 79.9. The molecule has 2 aromatic rings. The Balaban J connectivity index is 2.13. The maximum absolute atomic E-state index is 13.1. The van der Waals surface area contributed by atoms with Crippen LogP contribution in [0.2, 0.25) is 0 Å². The summed E-state index contributed by atoms with van der Waals surface area (Å²) in [6.07, 6.45) is 1.13. The van der Waals surface area contributed by atoms with Gasteiger partial charge >= 0.3 is 0 Å². The van der Waals surface area contributed by atoms with Gasteiger partial charge in [0.1, 0.15) is 0 Å². The number of rotatable bonds is 4. The van der Waals surface area contributed by atoms with Crippen LogP contribution in [-0.4, -0.2) is 13.4 Å². The Morgan fingerprint density at radius 1 is 1.35 bits per heavy atom. The van der Waals surface area contributed by atoms with E-state index in [2.05, 4.69) is 26.2 Å². The third-order valence-electron chi connectivity index (χ3n) is 2.28. The predicted octanol–water partition coefficient (Wildman–Crippen LogP) is 2.44. The van der Waals surface area contributed by atoms with E-state index >= 15 is 0 Å². The number of hydrogen-bond donors (Lipinski definition) is 2. The van der Waals surface area contributed by atoms with Crippen LogP contribution in [0.1, 0.15) is 5.56 Å². The smallest absolute Gasteiger partial charge is 0.249 e. The van der Waals surface area contributed by atoms with Crippen molar-refractivity contribution in [3.8, 4) is 0 Å². The summed E-state index contributed by atoms with van der Waals surface area (Å²) in [6, 6.07) is 2.06. The SMILES string of the molecule is NS(=O)(=O)c1cnc(NCc2cc(F)c(F)cc2Br)s1. The first kappa shape index (κ1) is 15.3. The van der Waals surface area contributed by atoms with E-state index in [1.54, 1.807) is 0 Å². The second-order valence-electron chi connectivity index (χ2n) is 3.74. The number of primary sulfonamides is 1. The number of nitrogens with two attached hydrogens (primary N) is 1. The number of nitrogens with one attached hydrogen (secondary N) is 1. The van der Waals surface area contributed by atoms with Crippen LogP contribution >= 0.6 is 27.3 Å². The minimum absolute atomic E-state index is 0.0793. The monoisotopic (exact) mass is 383 g/mol. The van der Waals surface area contributed by atoms with Gasteiger partial charge in [0.05, 0.1) is 6.20 Å². The number of hydrogen-bond acceptors (Lipinski definition) is 5. The van der Waals surface area contributed by atoms with E-state index in [0.29, 0.717) is 15.2 Å². The Bertz CT molecular complexity index is 749. The molecule has 5 nitrogen and oxygen atoms in total. The zero-order valence-corrected chi connectivity index (χ0v) is 12.9. The summed E-state index contributed by atoms with van der Waals surface area (Å²) in [5.41, 5.74) is 0.469. The van der Waals surface area contributed by atoms with Crippen LogP contribution in [0.5, 0.6) is 0 Å². The Labute approximate surface area is 126 Å². The molecule has 0 saturated heterocycles. The molecule has 0 aliphatic carbocycles. The topological polar surface area (TPSA) is 85.1 Å². The van der Waals surface area contributed by atoms with E-state index in [-0.39, 0.29) is 10.8 Å². The first-order valence-electron chi connectivity index (χ1n) is 5.13. The van der Waals surface area contributed by atoms with E-state index in [1.165, 1.54) is 0 Å². The second kappa shape index (κ2) is 5.72. The maximum atomic E-state index is 13.1. The van der Waals surface area contributed by atoms with Crippen LogP contribution in [0, 0.1) is 11.6 Å². The minimum Gasteiger partial charge on any atom is -0.357 e. The van der Waals surface area contributed by atoms with Gasteiger partial charge in [-0.2, -0.15) is 0 Å². The van der Waals surface area contributed by atoms with Crippen molar-refractivity contribution in [2.45, 2.75) is 10.8 Å². The van der Waals surface area contributed by atoms with Crippen molar-refractivity contribution in [1.82, 2.24) is 4.98 Å². The summed E-state index contributed by atoms with van der Waals surface area (Å²) in [7, 11) is -3.79. The fourth-order valence-corrected chi connectivity index (χ4v) is 3.25. The third kappa shape index (κ3) is 3.51. The molecule has 3 N–H and O–H groups in total. The molecule has 1 aromatic heterocycles. The van der Waals surface area contributed by atoms with Crippen LogP contribution in [0.3, 0.4) is 0 Å². The number of thiazole rings is 1. The fourth-order valence-electron chi connectivity index (χ4n) is 1.34. The van der Waals surface area contributed by atoms with Gasteiger partial charge in [-0.1, -0.05) is 27.3 Å². The molecule has 0 aliphatic heterocycles. The van der Waals surface area contributed by atoms with E-state index in [4.69, 9.17) is 5.14 Å². The molecule has 108 valence electrons. The van der Waals surface area contributed by atoms with Crippen LogP contribution in [0.4, 0.5) is 13.9 Å². The molecule has 0 radical (unpaired) electrons. The molecular weight excluding hydrogens is 376 g/mol. The molecule has 10 heteroatoms. The van der Waals surface area contributed by atoms with Gasteiger partial charge in [-0.05, 0) is 17.7 Å². The molecule has 0 bridgehead atoms. The van der Waals surface area contributed by atoms with Gasteiger partial charge in [-0.3, -0.25) is 0 Å². The zero-order chi connectivity index (χ0) is 14.9. The number of sulfonamides is 1. The standard InChI is InChI=1S/C10H8BrF2N3O2S2/c11-6-2-8(13)7(12)1-5(6)3-15-10-16-4-9(19-10)20(14,17)18/h1-2,4H,3H2,(H,15,16)(H2,14,17,18). The van der Waals surface area contributed by atoms with Crippen molar-refractivity contribution in [2.24, 2.45) is 5.14 Å². The quantitative estimate of drug-likeness (QED) is 0.794. The second-order valence-corrected chi connectivity index (χ2v) is 7.41. The normalized spacial score (nSPS) is 11.6. The summed E-state index contributed by atoms with van der Waals surface area (Å²) in [5.74, 6) is -1.92. The fraction of sp³-hybridized carbons (Fsp3) is 0.100. The van der Waals surface area contributed by atoms with E-state index in [9.17, 15) is 17.2 Å². The van der Waals surface area contributed by atoms with Crippen molar-refractivity contribution in [1.29, 1.82) is 0 Å². The highest BCUT2D eigenvalue weighted by Crippen LogP contribution is 2.24. The molecule has 0 spiro atoms. The highest BCUT2D eigenvalue weighted by Gasteiger charge is 2.13. The van der Waals surface area contributed by atoms with Gasteiger partial charge in [0.2, 0.25) is 10.0 Å². The molecule has 2 rings (SSSR count). The molecule has 0 atom stereocenters. The summed E-state index contributed by atoms with van der Waals surface area (Å²) >= 11 is 3.97. The number of aromatic nitrogens is 1. The number of halogens is 3. The lowest BCUT2D eigenvalue weighted by Crippen LogP contribution is -2.09. The minimum atomic E-state index is -3.79. The summed E-state index contributed by atoms with van der Waals surface area (Å²) in [4.78, 5) is 3.83. The Morgan fingerprint density at radius 3 is 2.60 bits per heavy atom. The molecule has 20 heavy (non-hydrogen) atoms. The molecule has 1 aromatic carbocycles. The van der Waals surface area contributed by atoms with Crippen molar-refractivity contribution in [2.75, 3.05) is 5.32 Å². The van der Waals surface area contributed by atoms with E-state index in [0.717, 1.165) is 29.7 Å². The van der Waals surface area contributed by atoms with Crippen LogP contribution in [0.15, 0.2) is 27.0 Å². The van der Waals surface area contributed by atoms with E-state index in [1.807, 2.05) is 0 Å². The number of nitrogens with zero attached hydrogens (tertiary/aromatic N) is 1. The summed E-state index contributed by atoms with van der Waals surface area (Å²) in [6.45, 7) is 0.148. The number of anilines is 1. The molecule has 0 fully saturated rings. The van der Waals surface area contributed by atoms with Gasteiger partial charge in [0.15, 0.2) is 21.0 Å².